The lowest BCUT2D eigenvalue weighted by Gasteiger charge is -2.18. The van der Waals surface area contributed by atoms with Gasteiger partial charge in [-0.3, -0.25) is 4.79 Å². The summed E-state index contributed by atoms with van der Waals surface area (Å²) in [5, 5.41) is 3.02. The zero-order valence-electron chi connectivity index (χ0n) is 11.6. The summed E-state index contributed by atoms with van der Waals surface area (Å²) < 4.78 is 1.78. The van der Waals surface area contributed by atoms with E-state index in [1.807, 2.05) is 32.2 Å². The summed E-state index contributed by atoms with van der Waals surface area (Å²) in [7, 11) is 1.83. The number of amides is 1. The van der Waals surface area contributed by atoms with Crippen LogP contribution in [0.15, 0.2) is 30.5 Å². The molecule has 0 spiro atoms. The Morgan fingerprint density at radius 3 is 2.85 bits per heavy atom. The number of benzene rings is 1. The molecule has 0 saturated heterocycles. The maximum Gasteiger partial charge on any atom is 0.269 e. The van der Waals surface area contributed by atoms with Crippen molar-refractivity contribution in [1.82, 2.24) is 14.9 Å². The van der Waals surface area contributed by atoms with Crippen molar-refractivity contribution in [2.24, 2.45) is 12.8 Å². The van der Waals surface area contributed by atoms with Crippen molar-refractivity contribution in [3.8, 4) is 0 Å². The number of nitrogens with two attached hydrogens (primary N) is 1. The van der Waals surface area contributed by atoms with Gasteiger partial charge in [0.2, 0.25) is 0 Å². The molecule has 1 aliphatic rings. The lowest BCUT2D eigenvalue weighted by Crippen LogP contribution is -2.41. The van der Waals surface area contributed by atoms with Gasteiger partial charge in [0.05, 0.1) is 18.3 Å². The van der Waals surface area contributed by atoms with Gasteiger partial charge < -0.3 is 15.6 Å². The third-order valence-corrected chi connectivity index (χ3v) is 4.06. The number of hydrogen-bond donors (Lipinski definition) is 2. The van der Waals surface area contributed by atoms with Crippen LogP contribution < -0.4 is 11.1 Å². The molecule has 0 aliphatic heterocycles. The number of aromatic nitrogens is 2. The second-order valence-corrected chi connectivity index (χ2v) is 5.26. The van der Waals surface area contributed by atoms with E-state index >= 15 is 0 Å². The molecule has 3 rings (SSSR count). The molecule has 2 atom stereocenters. The van der Waals surface area contributed by atoms with E-state index in [0.717, 1.165) is 17.8 Å². The van der Waals surface area contributed by atoms with Gasteiger partial charge in [-0.2, -0.15) is 0 Å². The molecule has 0 bridgehead atoms. The number of carbonyl (C=O) groups is 1. The fourth-order valence-electron chi connectivity index (χ4n) is 2.72. The normalized spacial score (nSPS) is 20.8. The largest absolute Gasteiger partial charge is 0.346 e. The van der Waals surface area contributed by atoms with Crippen LogP contribution in [0, 0.1) is 6.92 Å². The summed E-state index contributed by atoms with van der Waals surface area (Å²) in [6.07, 6.45) is 2.37. The Labute approximate surface area is 117 Å². The third-order valence-electron chi connectivity index (χ3n) is 4.06. The second-order valence-electron chi connectivity index (χ2n) is 5.26. The molecule has 2 aromatic rings. The zero-order valence-corrected chi connectivity index (χ0v) is 11.6. The minimum Gasteiger partial charge on any atom is -0.346 e. The number of imidazole rings is 1. The average molecular weight is 270 g/mol. The summed E-state index contributed by atoms with van der Waals surface area (Å²) >= 11 is 0. The van der Waals surface area contributed by atoms with Gasteiger partial charge in [0.15, 0.2) is 0 Å². The Morgan fingerprint density at radius 2 is 2.20 bits per heavy atom. The Bertz CT molecular complexity index is 662. The van der Waals surface area contributed by atoms with Crippen LogP contribution in [-0.4, -0.2) is 21.5 Å². The zero-order chi connectivity index (χ0) is 14.3. The summed E-state index contributed by atoms with van der Waals surface area (Å²) in [6, 6.07) is 7.86. The molecular weight excluding hydrogens is 252 g/mol. The molecule has 1 aromatic heterocycles. The minimum absolute atomic E-state index is 0.0601. The fraction of sp³-hybridized carbons (Fsp3) is 0.333. The molecule has 3 N–H and O–H groups in total. The van der Waals surface area contributed by atoms with Crippen LogP contribution in [0.1, 0.15) is 33.5 Å². The highest BCUT2D eigenvalue weighted by Crippen LogP contribution is 2.29. The van der Waals surface area contributed by atoms with E-state index in [1.165, 1.54) is 5.56 Å². The highest BCUT2D eigenvalue weighted by Gasteiger charge is 2.31. The van der Waals surface area contributed by atoms with Gasteiger partial charge in [-0.05, 0) is 24.5 Å². The third kappa shape index (κ3) is 2.00. The van der Waals surface area contributed by atoms with Crippen LogP contribution in [0.4, 0.5) is 0 Å². The van der Waals surface area contributed by atoms with Gasteiger partial charge in [-0.25, -0.2) is 4.98 Å². The van der Waals surface area contributed by atoms with E-state index in [-0.39, 0.29) is 18.0 Å². The predicted octanol–water partition coefficient (Wildman–Crippen LogP) is 1.08. The maximum absolute atomic E-state index is 12.3. The van der Waals surface area contributed by atoms with Gasteiger partial charge in [-0.15, -0.1) is 0 Å². The highest BCUT2D eigenvalue weighted by atomic mass is 16.2. The Morgan fingerprint density at radius 1 is 1.45 bits per heavy atom. The molecule has 1 aliphatic carbocycles. The van der Waals surface area contributed by atoms with Gasteiger partial charge in [-0.1, -0.05) is 24.3 Å². The Hall–Kier alpha value is -2.14. The number of nitrogens with zero attached hydrogens (tertiary/aromatic N) is 2. The van der Waals surface area contributed by atoms with E-state index in [4.69, 9.17) is 5.73 Å². The molecule has 5 nitrogen and oxygen atoms in total. The summed E-state index contributed by atoms with van der Waals surface area (Å²) in [6.45, 7) is 1.87. The average Bonchev–Trinajstić information content (AvgIpc) is 2.93. The molecule has 0 radical (unpaired) electrons. The van der Waals surface area contributed by atoms with Crippen LogP contribution in [0.5, 0.6) is 0 Å². The Kier molecular flexibility index (Phi) is 3.06. The molecule has 0 unspecified atom stereocenters. The van der Waals surface area contributed by atoms with Crippen molar-refractivity contribution in [2.75, 3.05) is 0 Å². The van der Waals surface area contributed by atoms with Crippen molar-refractivity contribution in [1.29, 1.82) is 0 Å². The van der Waals surface area contributed by atoms with Crippen molar-refractivity contribution in [2.45, 2.75) is 25.4 Å². The van der Waals surface area contributed by atoms with Crippen LogP contribution in [0.2, 0.25) is 0 Å². The first-order valence-corrected chi connectivity index (χ1v) is 6.70. The molecule has 1 heterocycles. The first-order chi connectivity index (χ1) is 9.58. The SMILES string of the molecule is Cc1ncc(C(=O)N[C@@H]2Cc3ccccc3[C@H]2N)n1C. The van der Waals surface area contributed by atoms with Crippen LogP contribution in [-0.2, 0) is 13.5 Å². The van der Waals surface area contributed by atoms with E-state index < -0.39 is 0 Å². The molecule has 1 amide bonds. The summed E-state index contributed by atoms with van der Waals surface area (Å²) in [4.78, 5) is 16.4. The molecule has 5 heteroatoms. The second kappa shape index (κ2) is 4.76. The van der Waals surface area contributed by atoms with E-state index in [2.05, 4.69) is 16.4 Å². The standard InChI is InChI=1S/C15H18N4O/c1-9-17-8-13(19(9)2)15(20)18-12-7-10-5-3-4-6-11(10)14(12)16/h3-6,8,12,14H,7,16H2,1-2H3,(H,18,20)/t12-,14-/m1/s1. The smallest absolute Gasteiger partial charge is 0.269 e. The van der Waals surface area contributed by atoms with E-state index in [1.54, 1.807) is 10.8 Å². The number of carbonyl (C=O) groups excluding carboxylic acids is 1. The van der Waals surface area contributed by atoms with Crippen molar-refractivity contribution >= 4 is 5.91 Å². The van der Waals surface area contributed by atoms with Crippen LogP contribution in [0.25, 0.3) is 0 Å². The number of nitrogens with one attached hydrogen (secondary N) is 1. The van der Waals surface area contributed by atoms with Gasteiger partial charge in [0.25, 0.3) is 5.91 Å². The van der Waals surface area contributed by atoms with E-state index in [9.17, 15) is 4.79 Å². The topological polar surface area (TPSA) is 72.9 Å². The molecular formula is C15H18N4O. The maximum atomic E-state index is 12.3. The first kappa shape index (κ1) is 12.9. The van der Waals surface area contributed by atoms with Crippen molar-refractivity contribution in [3.05, 3.63) is 53.1 Å². The van der Waals surface area contributed by atoms with Crippen LogP contribution in [0.3, 0.4) is 0 Å². The summed E-state index contributed by atoms with van der Waals surface area (Å²) in [5.41, 5.74) is 9.12. The number of fused-ring (bicyclic) bond motifs is 1. The Balaban J connectivity index is 1.77. The lowest BCUT2D eigenvalue weighted by molar-refractivity contribution is 0.0925. The van der Waals surface area contributed by atoms with Crippen LogP contribution >= 0.6 is 0 Å². The van der Waals surface area contributed by atoms with Crippen molar-refractivity contribution < 1.29 is 4.79 Å². The van der Waals surface area contributed by atoms with Gasteiger partial charge >= 0.3 is 0 Å². The predicted molar refractivity (Wildman–Crippen MR) is 76.3 cm³/mol. The monoisotopic (exact) mass is 270 g/mol. The summed E-state index contributed by atoms with van der Waals surface area (Å²) in [5.74, 6) is 0.690. The quantitative estimate of drug-likeness (QED) is 0.857. The fourth-order valence-corrected chi connectivity index (χ4v) is 2.72. The molecule has 20 heavy (non-hydrogen) atoms. The first-order valence-electron chi connectivity index (χ1n) is 6.70. The number of hydrogen-bond acceptors (Lipinski definition) is 3. The number of aryl methyl sites for hydroxylation is 1. The molecule has 0 fully saturated rings. The number of rotatable bonds is 2. The lowest BCUT2D eigenvalue weighted by atomic mass is 10.1. The van der Waals surface area contributed by atoms with Crippen molar-refractivity contribution in [3.63, 3.8) is 0 Å². The van der Waals surface area contributed by atoms with Gasteiger partial charge in [0, 0.05) is 7.05 Å². The van der Waals surface area contributed by atoms with Gasteiger partial charge in [0.1, 0.15) is 11.5 Å². The molecule has 0 saturated carbocycles. The highest BCUT2D eigenvalue weighted by molar-refractivity contribution is 5.92. The minimum atomic E-state index is -0.149. The molecule has 104 valence electrons. The van der Waals surface area contributed by atoms with E-state index in [0.29, 0.717) is 5.69 Å². The molecule has 1 aromatic carbocycles.